The Balaban J connectivity index is 2.15. The van der Waals surface area contributed by atoms with Gasteiger partial charge in [-0.25, -0.2) is 0 Å². The van der Waals surface area contributed by atoms with E-state index >= 15 is 0 Å². The Bertz CT molecular complexity index is 620. The van der Waals surface area contributed by atoms with Gasteiger partial charge in [-0.2, -0.15) is 0 Å². The van der Waals surface area contributed by atoms with Gasteiger partial charge in [0.05, 0.1) is 19.3 Å². The van der Waals surface area contributed by atoms with Crippen LogP contribution in [0.5, 0.6) is 5.75 Å². The third-order valence-electron chi connectivity index (χ3n) is 3.24. The third kappa shape index (κ3) is 3.78. The van der Waals surface area contributed by atoms with E-state index in [-0.39, 0.29) is 5.91 Å². The number of methoxy groups -OCH3 is 1. The highest BCUT2D eigenvalue weighted by Crippen LogP contribution is 2.28. The average molecular weight is 287 g/mol. The molecule has 1 aromatic carbocycles. The quantitative estimate of drug-likeness (QED) is 0.858. The summed E-state index contributed by atoms with van der Waals surface area (Å²) in [4.78, 5) is 11.1. The predicted octanol–water partition coefficient (Wildman–Crippen LogP) is 3.09. The first-order chi connectivity index (χ1) is 10.1. The summed E-state index contributed by atoms with van der Waals surface area (Å²) < 4.78 is 7.53. The monoisotopic (exact) mass is 287 g/mol. The second kappa shape index (κ2) is 6.83. The van der Waals surface area contributed by atoms with Crippen LogP contribution in [0.15, 0.2) is 36.5 Å². The lowest BCUT2D eigenvalue weighted by atomic mass is 10.2. The van der Waals surface area contributed by atoms with Crippen LogP contribution in [-0.2, 0) is 17.9 Å². The second-order valence-electron chi connectivity index (χ2n) is 4.74. The molecule has 0 bridgehead atoms. The summed E-state index contributed by atoms with van der Waals surface area (Å²) in [5.41, 5.74) is 2.80. The zero-order valence-electron chi connectivity index (χ0n) is 12.6. The van der Waals surface area contributed by atoms with Crippen molar-refractivity contribution in [1.82, 2.24) is 4.57 Å². The summed E-state index contributed by atoms with van der Waals surface area (Å²) in [5.74, 6) is 0.657. The molecule has 21 heavy (non-hydrogen) atoms. The topological polar surface area (TPSA) is 55.3 Å². The minimum absolute atomic E-state index is 0.0917. The van der Waals surface area contributed by atoms with Crippen LogP contribution in [-0.4, -0.2) is 17.6 Å². The van der Waals surface area contributed by atoms with Crippen LogP contribution in [0.3, 0.4) is 0 Å². The zero-order valence-corrected chi connectivity index (χ0v) is 12.6. The summed E-state index contributed by atoms with van der Waals surface area (Å²) in [7, 11) is 1.63. The molecule has 0 saturated heterocycles. The number of aryl methyl sites for hydroxylation is 1. The largest absolute Gasteiger partial charge is 0.495 e. The second-order valence-corrected chi connectivity index (χ2v) is 4.74. The molecule has 112 valence electrons. The summed E-state index contributed by atoms with van der Waals surface area (Å²) in [6.07, 6.45) is 2.06. The number of rotatable bonds is 6. The number of benzene rings is 1. The first-order valence-electron chi connectivity index (χ1n) is 6.97. The molecule has 5 nitrogen and oxygen atoms in total. The molecule has 0 aliphatic rings. The van der Waals surface area contributed by atoms with Crippen molar-refractivity contribution >= 4 is 17.3 Å². The minimum atomic E-state index is -0.0917. The smallest absolute Gasteiger partial charge is 0.221 e. The number of amides is 1. The molecule has 0 radical (unpaired) electrons. The van der Waals surface area contributed by atoms with Crippen molar-refractivity contribution in [1.29, 1.82) is 0 Å². The van der Waals surface area contributed by atoms with Crippen molar-refractivity contribution in [3.63, 3.8) is 0 Å². The van der Waals surface area contributed by atoms with Gasteiger partial charge in [0.1, 0.15) is 5.75 Å². The van der Waals surface area contributed by atoms with E-state index in [0.29, 0.717) is 6.54 Å². The molecular formula is C16H21N3O2. The van der Waals surface area contributed by atoms with Crippen LogP contribution in [0.25, 0.3) is 0 Å². The predicted molar refractivity (Wildman–Crippen MR) is 84.7 cm³/mol. The van der Waals surface area contributed by atoms with E-state index < -0.39 is 0 Å². The molecule has 5 heteroatoms. The summed E-state index contributed by atoms with van der Waals surface area (Å²) in [5, 5.41) is 6.13. The Hall–Kier alpha value is -2.43. The zero-order chi connectivity index (χ0) is 15.2. The molecule has 0 atom stereocenters. The Kier molecular flexibility index (Phi) is 4.87. The van der Waals surface area contributed by atoms with E-state index in [1.807, 2.05) is 24.3 Å². The number of hydrogen-bond donors (Lipinski definition) is 2. The van der Waals surface area contributed by atoms with Crippen LogP contribution >= 0.6 is 0 Å². The van der Waals surface area contributed by atoms with E-state index in [2.05, 4.69) is 34.4 Å². The number of ether oxygens (including phenoxy) is 1. The molecule has 0 unspecified atom stereocenters. The van der Waals surface area contributed by atoms with Gasteiger partial charge in [-0.3, -0.25) is 4.79 Å². The molecule has 0 spiro atoms. The van der Waals surface area contributed by atoms with Crippen molar-refractivity contribution in [3.8, 4) is 5.75 Å². The molecule has 1 amide bonds. The summed E-state index contributed by atoms with van der Waals surface area (Å²) in [6.45, 7) is 5.24. The van der Waals surface area contributed by atoms with Crippen molar-refractivity contribution in [2.24, 2.45) is 0 Å². The van der Waals surface area contributed by atoms with Crippen molar-refractivity contribution in [2.45, 2.75) is 26.9 Å². The molecular weight excluding hydrogens is 266 g/mol. The lowest BCUT2D eigenvalue weighted by Gasteiger charge is -2.14. The Labute approximate surface area is 124 Å². The summed E-state index contributed by atoms with van der Waals surface area (Å²) >= 11 is 0. The molecule has 2 aromatic rings. The standard InChI is InChI=1S/C16H21N3O2/c1-4-19-9-5-6-14(19)11-17-15-10-13(18-12(2)20)7-8-16(15)21-3/h5-10,17H,4,11H2,1-3H3,(H,18,20). The molecule has 0 aliphatic heterocycles. The Morgan fingerprint density at radius 3 is 2.81 bits per heavy atom. The molecule has 2 rings (SSSR count). The van der Waals surface area contributed by atoms with Gasteiger partial charge in [-0.1, -0.05) is 0 Å². The first-order valence-corrected chi connectivity index (χ1v) is 6.97. The molecule has 1 heterocycles. The number of carbonyl (C=O) groups excluding carboxylic acids is 1. The molecule has 0 aliphatic carbocycles. The van der Waals surface area contributed by atoms with Crippen LogP contribution < -0.4 is 15.4 Å². The number of carbonyl (C=O) groups is 1. The van der Waals surface area contributed by atoms with Crippen LogP contribution in [0.1, 0.15) is 19.5 Å². The number of hydrogen-bond acceptors (Lipinski definition) is 3. The summed E-state index contributed by atoms with van der Waals surface area (Å²) in [6, 6.07) is 9.65. The van der Waals surface area contributed by atoms with Crippen LogP contribution in [0, 0.1) is 0 Å². The number of anilines is 2. The maximum absolute atomic E-state index is 11.1. The lowest BCUT2D eigenvalue weighted by molar-refractivity contribution is -0.114. The fourth-order valence-corrected chi connectivity index (χ4v) is 2.23. The maximum Gasteiger partial charge on any atom is 0.221 e. The van der Waals surface area contributed by atoms with Gasteiger partial charge in [-0.05, 0) is 37.3 Å². The highest BCUT2D eigenvalue weighted by molar-refractivity contribution is 5.89. The first kappa shape index (κ1) is 15.0. The van der Waals surface area contributed by atoms with Gasteiger partial charge in [0.25, 0.3) is 0 Å². The molecule has 0 saturated carbocycles. The van der Waals surface area contributed by atoms with E-state index in [0.717, 1.165) is 23.7 Å². The van der Waals surface area contributed by atoms with Crippen LogP contribution in [0.2, 0.25) is 0 Å². The number of nitrogens with zero attached hydrogens (tertiary/aromatic N) is 1. The molecule has 1 aromatic heterocycles. The van der Waals surface area contributed by atoms with E-state index in [1.54, 1.807) is 7.11 Å². The fourth-order valence-electron chi connectivity index (χ4n) is 2.23. The van der Waals surface area contributed by atoms with Gasteiger partial charge in [0.2, 0.25) is 5.91 Å². The number of nitrogens with one attached hydrogen (secondary N) is 2. The Morgan fingerprint density at radius 1 is 1.33 bits per heavy atom. The van der Waals surface area contributed by atoms with Gasteiger partial charge < -0.3 is 19.9 Å². The normalized spacial score (nSPS) is 10.2. The van der Waals surface area contributed by atoms with Crippen molar-refractivity contribution in [3.05, 3.63) is 42.2 Å². The van der Waals surface area contributed by atoms with E-state index in [1.165, 1.54) is 12.6 Å². The van der Waals surface area contributed by atoms with Crippen molar-refractivity contribution in [2.75, 3.05) is 17.7 Å². The maximum atomic E-state index is 11.1. The fraction of sp³-hybridized carbons (Fsp3) is 0.312. The van der Waals surface area contributed by atoms with Gasteiger partial charge >= 0.3 is 0 Å². The van der Waals surface area contributed by atoms with E-state index in [4.69, 9.17) is 4.74 Å². The van der Waals surface area contributed by atoms with Gasteiger partial charge in [0, 0.05) is 31.0 Å². The van der Waals surface area contributed by atoms with Gasteiger partial charge in [0.15, 0.2) is 0 Å². The van der Waals surface area contributed by atoms with Crippen LogP contribution in [0.4, 0.5) is 11.4 Å². The average Bonchev–Trinajstić information content (AvgIpc) is 2.92. The Morgan fingerprint density at radius 2 is 2.14 bits per heavy atom. The molecule has 2 N–H and O–H groups in total. The third-order valence-corrected chi connectivity index (χ3v) is 3.24. The highest BCUT2D eigenvalue weighted by Gasteiger charge is 2.06. The molecule has 0 fully saturated rings. The lowest BCUT2D eigenvalue weighted by Crippen LogP contribution is -2.09. The van der Waals surface area contributed by atoms with E-state index in [9.17, 15) is 4.79 Å². The SMILES string of the molecule is CCn1cccc1CNc1cc(NC(C)=O)ccc1OC. The minimum Gasteiger partial charge on any atom is -0.495 e. The number of aromatic nitrogens is 1. The van der Waals surface area contributed by atoms with Crippen molar-refractivity contribution < 1.29 is 9.53 Å². The van der Waals surface area contributed by atoms with Gasteiger partial charge in [-0.15, -0.1) is 0 Å². The highest BCUT2D eigenvalue weighted by atomic mass is 16.5.